The molecule has 0 amide bonds. The minimum Gasteiger partial charge on any atom is -0.497 e. The van der Waals surface area contributed by atoms with Crippen molar-refractivity contribution in [2.45, 2.75) is 13.5 Å². The van der Waals surface area contributed by atoms with Crippen LogP contribution in [0.5, 0.6) is 5.75 Å². The highest BCUT2D eigenvalue weighted by molar-refractivity contribution is 5.62. The summed E-state index contributed by atoms with van der Waals surface area (Å²) in [5, 5.41) is 14.1. The SMILES string of the molecule is COc1ccc(CNc2ccc(C)cc2[N+](=O)[O-])cc1. The van der Waals surface area contributed by atoms with Gasteiger partial charge in [0.2, 0.25) is 0 Å². The van der Waals surface area contributed by atoms with Gasteiger partial charge in [-0.25, -0.2) is 0 Å². The van der Waals surface area contributed by atoms with E-state index in [9.17, 15) is 10.1 Å². The Morgan fingerprint density at radius 2 is 1.90 bits per heavy atom. The van der Waals surface area contributed by atoms with Gasteiger partial charge >= 0.3 is 0 Å². The van der Waals surface area contributed by atoms with Crippen molar-refractivity contribution in [3.8, 4) is 5.75 Å². The summed E-state index contributed by atoms with van der Waals surface area (Å²) in [5.74, 6) is 0.787. The Kier molecular flexibility index (Phi) is 4.20. The predicted octanol–water partition coefficient (Wildman–Crippen LogP) is 3.52. The molecule has 0 saturated heterocycles. The minimum absolute atomic E-state index is 0.0958. The lowest BCUT2D eigenvalue weighted by molar-refractivity contribution is -0.384. The van der Waals surface area contributed by atoms with Crippen LogP contribution in [-0.4, -0.2) is 12.0 Å². The molecule has 104 valence electrons. The quantitative estimate of drug-likeness (QED) is 0.668. The van der Waals surface area contributed by atoms with Crippen LogP contribution >= 0.6 is 0 Å². The molecule has 1 N–H and O–H groups in total. The average molecular weight is 272 g/mol. The highest BCUT2D eigenvalue weighted by atomic mass is 16.6. The van der Waals surface area contributed by atoms with Crippen LogP contribution in [0.3, 0.4) is 0 Å². The summed E-state index contributed by atoms with van der Waals surface area (Å²) in [5.41, 5.74) is 2.52. The smallest absolute Gasteiger partial charge is 0.292 e. The van der Waals surface area contributed by atoms with E-state index in [2.05, 4.69) is 5.32 Å². The third kappa shape index (κ3) is 3.26. The van der Waals surface area contributed by atoms with E-state index >= 15 is 0 Å². The van der Waals surface area contributed by atoms with Gasteiger partial charge in [0.25, 0.3) is 5.69 Å². The molecule has 0 heterocycles. The standard InChI is InChI=1S/C15H16N2O3/c1-11-3-8-14(15(9-11)17(18)19)16-10-12-4-6-13(20-2)7-5-12/h3-9,16H,10H2,1-2H3. The van der Waals surface area contributed by atoms with E-state index in [1.54, 1.807) is 19.2 Å². The number of ether oxygens (including phenoxy) is 1. The zero-order chi connectivity index (χ0) is 14.5. The van der Waals surface area contributed by atoms with Gasteiger partial charge < -0.3 is 10.1 Å². The number of nitro groups is 1. The number of anilines is 1. The van der Waals surface area contributed by atoms with E-state index in [0.717, 1.165) is 16.9 Å². The largest absolute Gasteiger partial charge is 0.497 e. The summed E-state index contributed by atoms with van der Waals surface area (Å²) in [6.45, 7) is 2.36. The topological polar surface area (TPSA) is 64.4 Å². The maximum absolute atomic E-state index is 11.0. The molecule has 5 heteroatoms. The Morgan fingerprint density at radius 3 is 2.50 bits per heavy atom. The van der Waals surface area contributed by atoms with Gasteiger partial charge in [0.1, 0.15) is 11.4 Å². The summed E-state index contributed by atoms with van der Waals surface area (Å²) in [7, 11) is 1.61. The van der Waals surface area contributed by atoms with Crippen LogP contribution < -0.4 is 10.1 Å². The van der Waals surface area contributed by atoms with Gasteiger partial charge in [0, 0.05) is 12.6 Å². The van der Waals surface area contributed by atoms with E-state index in [1.807, 2.05) is 37.3 Å². The first-order chi connectivity index (χ1) is 9.60. The van der Waals surface area contributed by atoms with Crippen molar-refractivity contribution in [3.63, 3.8) is 0 Å². The third-order valence-corrected chi connectivity index (χ3v) is 2.99. The second-order valence-electron chi connectivity index (χ2n) is 4.48. The number of aryl methyl sites for hydroxylation is 1. The second kappa shape index (κ2) is 6.06. The lowest BCUT2D eigenvalue weighted by Crippen LogP contribution is -2.02. The molecule has 5 nitrogen and oxygen atoms in total. The summed E-state index contributed by atoms with van der Waals surface area (Å²) in [6.07, 6.45) is 0. The Labute approximate surface area is 117 Å². The summed E-state index contributed by atoms with van der Waals surface area (Å²) in [6, 6.07) is 12.7. The van der Waals surface area contributed by atoms with Gasteiger partial charge in [0.15, 0.2) is 0 Å². The number of hydrogen-bond donors (Lipinski definition) is 1. The molecule has 2 rings (SSSR count). The normalized spacial score (nSPS) is 10.1. The Hall–Kier alpha value is -2.56. The lowest BCUT2D eigenvalue weighted by atomic mass is 10.1. The van der Waals surface area contributed by atoms with Crippen LogP contribution in [0.1, 0.15) is 11.1 Å². The maximum atomic E-state index is 11.0. The molecule has 20 heavy (non-hydrogen) atoms. The first kappa shape index (κ1) is 13.9. The third-order valence-electron chi connectivity index (χ3n) is 2.99. The van der Waals surface area contributed by atoms with E-state index in [4.69, 9.17) is 4.74 Å². The highest BCUT2D eigenvalue weighted by Crippen LogP contribution is 2.25. The fourth-order valence-electron chi connectivity index (χ4n) is 1.88. The number of benzene rings is 2. The average Bonchev–Trinajstić information content (AvgIpc) is 2.46. The number of methoxy groups -OCH3 is 1. The Balaban J connectivity index is 2.12. The van der Waals surface area contributed by atoms with Gasteiger partial charge in [-0.15, -0.1) is 0 Å². The first-order valence-electron chi connectivity index (χ1n) is 6.22. The molecule has 0 bridgehead atoms. The molecular weight excluding hydrogens is 256 g/mol. The fourth-order valence-corrected chi connectivity index (χ4v) is 1.88. The Bertz CT molecular complexity index is 609. The van der Waals surface area contributed by atoms with Crippen LogP contribution in [0.25, 0.3) is 0 Å². The molecule has 0 saturated carbocycles. The lowest BCUT2D eigenvalue weighted by Gasteiger charge is -2.08. The van der Waals surface area contributed by atoms with E-state index in [-0.39, 0.29) is 10.6 Å². The van der Waals surface area contributed by atoms with Crippen molar-refractivity contribution < 1.29 is 9.66 Å². The molecule has 0 atom stereocenters. The number of nitrogens with one attached hydrogen (secondary N) is 1. The van der Waals surface area contributed by atoms with Crippen LogP contribution in [0.15, 0.2) is 42.5 Å². The van der Waals surface area contributed by atoms with Crippen molar-refractivity contribution in [1.82, 2.24) is 0 Å². The van der Waals surface area contributed by atoms with Gasteiger partial charge in [0.05, 0.1) is 12.0 Å². The van der Waals surface area contributed by atoms with Crippen molar-refractivity contribution in [1.29, 1.82) is 0 Å². The summed E-state index contributed by atoms with van der Waals surface area (Å²) >= 11 is 0. The molecule has 0 radical (unpaired) electrons. The molecule has 0 unspecified atom stereocenters. The van der Waals surface area contributed by atoms with Gasteiger partial charge in [-0.2, -0.15) is 0 Å². The van der Waals surface area contributed by atoms with Crippen molar-refractivity contribution in [2.75, 3.05) is 12.4 Å². The minimum atomic E-state index is -0.372. The zero-order valence-corrected chi connectivity index (χ0v) is 11.4. The van der Waals surface area contributed by atoms with Gasteiger partial charge in [-0.3, -0.25) is 10.1 Å². The number of hydrogen-bond acceptors (Lipinski definition) is 4. The number of rotatable bonds is 5. The molecular formula is C15H16N2O3. The molecule has 0 aromatic heterocycles. The predicted molar refractivity (Wildman–Crippen MR) is 78.2 cm³/mol. The molecule has 2 aromatic rings. The molecule has 0 aliphatic carbocycles. The van der Waals surface area contributed by atoms with Crippen LogP contribution in [0.4, 0.5) is 11.4 Å². The summed E-state index contributed by atoms with van der Waals surface area (Å²) in [4.78, 5) is 10.6. The van der Waals surface area contributed by atoms with Crippen LogP contribution in [0, 0.1) is 17.0 Å². The van der Waals surface area contributed by atoms with Crippen molar-refractivity contribution >= 4 is 11.4 Å². The van der Waals surface area contributed by atoms with E-state index in [1.165, 1.54) is 0 Å². The van der Waals surface area contributed by atoms with Crippen LogP contribution in [-0.2, 0) is 6.54 Å². The highest BCUT2D eigenvalue weighted by Gasteiger charge is 2.13. The molecule has 0 aliphatic heterocycles. The van der Waals surface area contributed by atoms with Crippen molar-refractivity contribution in [3.05, 3.63) is 63.7 Å². The molecule has 0 aliphatic rings. The maximum Gasteiger partial charge on any atom is 0.292 e. The van der Waals surface area contributed by atoms with Gasteiger partial charge in [-0.1, -0.05) is 18.2 Å². The van der Waals surface area contributed by atoms with Crippen molar-refractivity contribution in [2.24, 2.45) is 0 Å². The zero-order valence-electron chi connectivity index (χ0n) is 11.4. The van der Waals surface area contributed by atoms with Gasteiger partial charge in [-0.05, 0) is 36.2 Å². The fraction of sp³-hybridized carbons (Fsp3) is 0.200. The molecule has 2 aromatic carbocycles. The Morgan fingerprint density at radius 1 is 1.20 bits per heavy atom. The number of nitro benzene ring substituents is 1. The molecule has 0 fully saturated rings. The first-order valence-corrected chi connectivity index (χ1v) is 6.22. The summed E-state index contributed by atoms with van der Waals surface area (Å²) < 4.78 is 5.09. The molecule has 0 spiro atoms. The van der Waals surface area contributed by atoms with E-state index in [0.29, 0.717) is 12.2 Å². The van der Waals surface area contributed by atoms with Crippen LogP contribution in [0.2, 0.25) is 0 Å². The second-order valence-corrected chi connectivity index (χ2v) is 4.48. The number of nitrogens with zero attached hydrogens (tertiary/aromatic N) is 1. The van der Waals surface area contributed by atoms with E-state index < -0.39 is 0 Å². The monoisotopic (exact) mass is 272 g/mol.